The van der Waals surface area contributed by atoms with Crippen molar-refractivity contribution in [2.75, 3.05) is 6.54 Å². The van der Waals surface area contributed by atoms with E-state index in [0.29, 0.717) is 18.5 Å². The van der Waals surface area contributed by atoms with Gasteiger partial charge < -0.3 is 10.3 Å². The molecule has 0 saturated carbocycles. The van der Waals surface area contributed by atoms with E-state index >= 15 is 0 Å². The van der Waals surface area contributed by atoms with Crippen LogP contribution in [-0.2, 0) is 20.5 Å². The summed E-state index contributed by atoms with van der Waals surface area (Å²) in [7, 11) is 3.53. The fourth-order valence-corrected chi connectivity index (χ4v) is 3.21. The first-order chi connectivity index (χ1) is 12.5. The van der Waals surface area contributed by atoms with E-state index in [9.17, 15) is 9.59 Å². The summed E-state index contributed by atoms with van der Waals surface area (Å²) in [5.74, 6) is -0.116. The van der Waals surface area contributed by atoms with E-state index in [4.69, 9.17) is 0 Å². The minimum atomic E-state index is -0.116. The fraction of sp³-hybridized carbons (Fsp3) is 0.211. The standard InChI is InChI=1S/C19H19N5O2/c1-23-16-6-3-12(9-17(16)24(2)19(23)26)7-8-20-18(25)13-4-5-14-15(10-13)22-11-21-14/h3-6,9-11H,7-8H2,1-2H3,(H,20,25)(H,21,22). The zero-order chi connectivity index (χ0) is 18.3. The third kappa shape index (κ3) is 2.67. The second kappa shape index (κ2) is 6.18. The largest absolute Gasteiger partial charge is 0.352 e. The molecule has 0 aliphatic heterocycles. The first kappa shape index (κ1) is 16.1. The van der Waals surface area contributed by atoms with Crippen LogP contribution in [-0.4, -0.2) is 31.6 Å². The number of carbonyl (C=O) groups is 1. The van der Waals surface area contributed by atoms with Crippen LogP contribution in [0.25, 0.3) is 22.1 Å². The van der Waals surface area contributed by atoms with Gasteiger partial charge in [0.15, 0.2) is 0 Å². The van der Waals surface area contributed by atoms with Gasteiger partial charge in [0.05, 0.1) is 28.4 Å². The van der Waals surface area contributed by atoms with Gasteiger partial charge in [0.2, 0.25) is 0 Å². The van der Waals surface area contributed by atoms with Crippen molar-refractivity contribution in [3.63, 3.8) is 0 Å². The van der Waals surface area contributed by atoms with Crippen LogP contribution in [0.3, 0.4) is 0 Å². The number of rotatable bonds is 4. The molecule has 0 aliphatic rings. The number of amides is 1. The van der Waals surface area contributed by atoms with Crippen LogP contribution in [0, 0.1) is 0 Å². The fourth-order valence-electron chi connectivity index (χ4n) is 3.21. The lowest BCUT2D eigenvalue weighted by Crippen LogP contribution is -2.25. The predicted octanol–water partition coefficient (Wildman–Crippen LogP) is 1.73. The number of nitrogens with zero attached hydrogens (tertiary/aromatic N) is 3. The molecule has 26 heavy (non-hydrogen) atoms. The predicted molar refractivity (Wildman–Crippen MR) is 100 cm³/mol. The molecule has 0 radical (unpaired) electrons. The van der Waals surface area contributed by atoms with Gasteiger partial charge in [-0.15, -0.1) is 0 Å². The summed E-state index contributed by atoms with van der Waals surface area (Å²) in [4.78, 5) is 31.5. The van der Waals surface area contributed by atoms with Crippen molar-refractivity contribution in [1.29, 1.82) is 0 Å². The first-order valence-corrected chi connectivity index (χ1v) is 8.40. The molecule has 0 unspecified atom stereocenters. The number of benzene rings is 2. The normalized spacial score (nSPS) is 11.3. The van der Waals surface area contributed by atoms with Gasteiger partial charge in [-0.2, -0.15) is 0 Å². The molecule has 0 bridgehead atoms. The molecule has 2 N–H and O–H groups in total. The Labute approximate surface area is 149 Å². The third-order valence-corrected chi connectivity index (χ3v) is 4.72. The second-order valence-electron chi connectivity index (χ2n) is 6.36. The van der Waals surface area contributed by atoms with E-state index in [1.807, 2.05) is 24.3 Å². The summed E-state index contributed by atoms with van der Waals surface area (Å²) >= 11 is 0. The minimum absolute atomic E-state index is 0.0420. The minimum Gasteiger partial charge on any atom is -0.352 e. The van der Waals surface area contributed by atoms with Crippen LogP contribution in [0.5, 0.6) is 0 Å². The highest BCUT2D eigenvalue weighted by Crippen LogP contribution is 2.15. The first-order valence-electron chi connectivity index (χ1n) is 8.40. The maximum atomic E-state index is 12.3. The highest BCUT2D eigenvalue weighted by atomic mass is 16.2. The Hall–Kier alpha value is -3.35. The monoisotopic (exact) mass is 349 g/mol. The zero-order valence-corrected chi connectivity index (χ0v) is 14.6. The van der Waals surface area contributed by atoms with Gasteiger partial charge in [-0.3, -0.25) is 13.9 Å². The molecule has 7 nitrogen and oxygen atoms in total. The Bertz CT molecular complexity index is 1180. The van der Waals surface area contributed by atoms with Crippen molar-refractivity contribution in [3.05, 3.63) is 64.3 Å². The summed E-state index contributed by atoms with van der Waals surface area (Å²) in [5, 5.41) is 2.94. The number of aromatic nitrogens is 4. The number of aromatic amines is 1. The summed E-state index contributed by atoms with van der Waals surface area (Å²) in [6.07, 6.45) is 2.30. The molecule has 2 aromatic carbocycles. The summed E-state index contributed by atoms with van der Waals surface area (Å²) in [6.45, 7) is 0.520. The number of nitrogens with one attached hydrogen (secondary N) is 2. The molecule has 1 amide bonds. The molecule has 0 spiro atoms. The maximum Gasteiger partial charge on any atom is 0.328 e. The van der Waals surface area contributed by atoms with E-state index in [1.54, 1.807) is 41.7 Å². The number of aryl methyl sites for hydroxylation is 2. The van der Waals surface area contributed by atoms with Crippen molar-refractivity contribution < 1.29 is 4.79 Å². The van der Waals surface area contributed by atoms with Gasteiger partial charge in [-0.25, -0.2) is 9.78 Å². The third-order valence-electron chi connectivity index (χ3n) is 4.72. The molecule has 0 saturated heterocycles. The van der Waals surface area contributed by atoms with Crippen molar-refractivity contribution >= 4 is 28.0 Å². The molecule has 4 rings (SSSR count). The number of carbonyl (C=O) groups excluding carboxylic acids is 1. The van der Waals surface area contributed by atoms with E-state index in [0.717, 1.165) is 27.6 Å². The summed E-state index contributed by atoms with van der Waals surface area (Å²) in [5.41, 5.74) is 5.10. The quantitative estimate of drug-likeness (QED) is 0.588. The van der Waals surface area contributed by atoms with Crippen LogP contribution in [0.1, 0.15) is 15.9 Å². The molecule has 2 aromatic heterocycles. The Balaban J connectivity index is 1.45. The van der Waals surface area contributed by atoms with Crippen LogP contribution in [0.4, 0.5) is 0 Å². The number of H-pyrrole nitrogens is 1. The molecule has 2 heterocycles. The second-order valence-corrected chi connectivity index (χ2v) is 6.36. The van der Waals surface area contributed by atoms with Crippen LogP contribution in [0.15, 0.2) is 47.5 Å². The SMILES string of the molecule is Cn1c(=O)n(C)c2cc(CCNC(=O)c3ccc4nc[nH]c4c3)ccc21. The number of hydrogen-bond acceptors (Lipinski definition) is 3. The maximum absolute atomic E-state index is 12.3. The Morgan fingerprint density at radius 2 is 1.92 bits per heavy atom. The van der Waals surface area contributed by atoms with E-state index < -0.39 is 0 Å². The van der Waals surface area contributed by atoms with Gasteiger partial charge >= 0.3 is 5.69 Å². The van der Waals surface area contributed by atoms with Crippen molar-refractivity contribution in [2.24, 2.45) is 14.1 Å². The highest BCUT2D eigenvalue weighted by Gasteiger charge is 2.09. The molecule has 132 valence electrons. The van der Waals surface area contributed by atoms with Crippen LogP contribution < -0.4 is 11.0 Å². The lowest BCUT2D eigenvalue weighted by molar-refractivity contribution is 0.0954. The molecular formula is C19H19N5O2. The van der Waals surface area contributed by atoms with Gasteiger partial charge in [-0.1, -0.05) is 6.07 Å². The summed E-state index contributed by atoms with van der Waals surface area (Å²) < 4.78 is 3.27. The molecule has 0 aliphatic carbocycles. The average Bonchev–Trinajstić information content (AvgIpc) is 3.20. The Kier molecular flexibility index (Phi) is 3.84. The van der Waals surface area contributed by atoms with Crippen LogP contribution >= 0.6 is 0 Å². The molecule has 0 fully saturated rings. The lowest BCUT2D eigenvalue weighted by atomic mass is 10.1. The number of imidazole rings is 2. The molecule has 7 heteroatoms. The van der Waals surface area contributed by atoms with Crippen molar-refractivity contribution in [3.8, 4) is 0 Å². The zero-order valence-electron chi connectivity index (χ0n) is 14.6. The molecule has 4 aromatic rings. The average molecular weight is 349 g/mol. The molecular weight excluding hydrogens is 330 g/mol. The number of fused-ring (bicyclic) bond motifs is 2. The van der Waals surface area contributed by atoms with E-state index in [1.165, 1.54) is 0 Å². The van der Waals surface area contributed by atoms with E-state index in [-0.39, 0.29) is 11.6 Å². The number of hydrogen-bond donors (Lipinski definition) is 2. The smallest absolute Gasteiger partial charge is 0.328 e. The van der Waals surface area contributed by atoms with Gasteiger partial charge in [-0.05, 0) is 42.3 Å². The van der Waals surface area contributed by atoms with Gasteiger partial charge in [0.1, 0.15) is 0 Å². The Morgan fingerprint density at radius 1 is 1.12 bits per heavy atom. The topological polar surface area (TPSA) is 84.7 Å². The van der Waals surface area contributed by atoms with E-state index in [2.05, 4.69) is 15.3 Å². The van der Waals surface area contributed by atoms with Gasteiger partial charge in [0, 0.05) is 26.2 Å². The molecule has 0 atom stereocenters. The van der Waals surface area contributed by atoms with Gasteiger partial charge in [0.25, 0.3) is 5.91 Å². The highest BCUT2D eigenvalue weighted by molar-refractivity contribution is 5.97. The van der Waals surface area contributed by atoms with Crippen LogP contribution in [0.2, 0.25) is 0 Å². The Morgan fingerprint density at radius 3 is 2.77 bits per heavy atom. The van der Waals surface area contributed by atoms with Crippen molar-refractivity contribution in [2.45, 2.75) is 6.42 Å². The lowest BCUT2D eigenvalue weighted by Gasteiger charge is -2.06. The summed E-state index contributed by atoms with van der Waals surface area (Å²) in [6, 6.07) is 11.3. The van der Waals surface area contributed by atoms with Crippen molar-refractivity contribution in [1.82, 2.24) is 24.4 Å².